The highest BCUT2D eigenvalue weighted by atomic mass is 19.1. The largest absolute Gasteiger partial charge is 0.490 e. The molecule has 1 spiro atoms. The lowest BCUT2D eigenvalue weighted by Gasteiger charge is -2.46. The number of piperidine rings is 1. The Bertz CT molecular complexity index is 1140. The number of hydrogen-bond acceptors (Lipinski definition) is 11. The average Bonchev–Trinajstić information content (AvgIpc) is 3.61. The molecule has 12 heteroatoms. The van der Waals surface area contributed by atoms with E-state index in [9.17, 15) is 9.18 Å². The Labute approximate surface area is 226 Å². The van der Waals surface area contributed by atoms with Crippen molar-refractivity contribution in [2.75, 3.05) is 70.7 Å². The SMILES string of the molecule is CCOC(=O)c1nnc(N2CC3(C[C@H](N4CCC(c5cc(F)ccc5OC[C@H]5COCCO5)CC4)CO3)C2)o1. The summed E-state index contributed by atoms with van der Waals surface area (Å²) in [5, 5.41) is 7.78. The van der Waals surface area contributed by atoms with Crippen LogP contribution in [0.5, 0.6) is 5.75 Å². The zero-order valence-corrected chi connectivity index (χ0v) is 22.2. The van der Waals surface area contributed by atoms with Crippen LogP contribution in [0.4, 0.5) is 10.4 Å². The summed E-state index contributed by atoms with van der Waals surface area (Å²) in [5.41, 5.74) is 0.691. The highest BCUT2D eigenvalue weighted by molar-refractivity contribution is 5.84. The Hall–Kier alpha value is -2.80. The molecule has 39 heavy (non-hydrogen) atoms. The van der Waals surface area contributed by atoms with Crippen LogP contribution in [-0.2, 0) is 18.9 Å². The first-order chi connectivity index (χ1) is 19.0. The molecule has 0 radical (unpaired) electrons. The molecule has 2 atom stereocenters. The molecule has 6 rings (SSSR count). The van der Waals surface area contributed by atoms with Crippen LogP contribution in [0, 0.1) is 5.82 Å². The minimum atomic E-state index is -0.614. The first kappa shape index (κ1) is 26.4. The van der Waals surface area contributed by atoms with Gasteiger partial charge in [-0.1, -0.05) is 10.2 Å². The van der Waals surface area contributed by atoms with Crippen molar-refractivity contribution in [1.82, 2.24) is 15.1 Å². The van der Waals surface area contributed by atoms with Gasteiger partial charge in [0, 0.05) is 11.6 Å². The number of hydrogen-bond donors (Lipinski definition) is 0. The van der Waals surface area contributed by atoms with Crippen LogP contribution in [0.15, 0.2) is 22.6 Å². The van der Waals surface area contributed by atoms with Crippen molar-refractivity contribution >= 4 is 12.0 Å². The summed E-state index contributed by atoms with van der Waals surface area (Å²) in [4.78, 5) is 16.2. The second kappa shape index (κ2) is 11.4. The van der Waals surface area contributed by atoms with E-state index >= 15 is 0 Å². The standard InChI is InChI=1S/C27H35FN4O7/c1-2-35-25(33)24-29-30-26(39-24)32-16-27(17-32)12-20(13-38-27)31-7-5-18(6-8-31)22-11-19(28)3-4-23(22)37-15-21-14-34-9-10-36-21/h3-4,11,18,20-21H,2,5-10,12-17H2,1H3/t20-,21+/m0/s1. The van der Waals surface area contributed by atoms with Crippen LogP contribution in [0.1, 0.15) is 48.4 Å². The van der Waals surface area contributed by atoms with E-state index in [-0.39, 0.29) is 35.9 Å². The molecular weight excluding hydrogens is 511 g/mol. The van der Waals surface area contributed by atoms with Crippen LogP contribution >= 0.6 is 0 Å². The zero-order chi connectivity index (χ0) is 26.8. The Morgan fingerprint density at radius 1 is 1.18 bits per heavy atom. The zero-order valence-electron chi connectivity index (χ0n) is 22.2. The highest BCUT2D eigenvalue weighted by Gasteiger charge is 2.52. The molecule has 0 aliphatic carbocycles. The van der Waals surface area contributed by atoms with E-state index in [1.807, 2.05) is 4.90 Å². The van der Waals surface area contributed by atoms with Crippen molar-refractivity contribution < 1.29 is 37.3 Å². The number of esters is 1. The topological polar surface area (TPSA) is 109 Å². The molecule has 1 aromatic heterocycles. The number of anilines is 1. The lowest BCUT2D eigenvalue weighted by Crippen LogP contribution is -2.62. The van der Waals surface area contributed by atoms with Gasteiger partial charge in [0.25, 0.3) is 0 Å². The van der Waals surface area contributed by atoms with E-state index in [4.69, 9.17) is 28.1 Å². The van der Waals surface area contributed by atoms with Gasteiger partial charge in [0.15, 0.2) is 0 Å². The van der Waals surface area contributed by atoms with E-state index in [1.54, 1.807) is 19.1 Å². The average molecular weight is 547 g/mol. The number of halogens is 1. The first-order valence-electron chi connectivity index (χ1n) is 13.8. The van der Waals surface area contributed by atoms with Crippen molar-refractivity contribution in [2.45, 2.75) is 49.9 Å². The molecule has 4 fully saturated rings. The molecule has 0 amide bonds. The van der Waals surface area contributed by atoms with E-state index in [0.717, 1.165) is 43.7 Å². The van der Waals surface area contributed by atoms with Gasteiger partial charge >= 0.3 is 17.9 Å². The van der Waals surface area contributed by atoms with Crippen LogP contribution in [-0.4, -0.2) is 105 Å². The Balaban J connectivity index is 1.000. The third kappa shape index (κ3) is 5.74. The van der Waals surface area contributed by atoms with E-state index in [1.165, 1.54) is 6.07 Å². The molecule has 1 aromatic carbocycles. The Morgan fingerprint density at radius 3 is 2.79 bits per heavy atom. The van der Waals surface area contributed by atoms with Gasteiger partial charge in [-0.25, -0.2) is 9.18 Å². The number of ether oxygens (including phenoxy) is 5. The number of likely N-dealkylation sites (tertiary alicyclic amines) is 1. The maximum absolute atomic E-state index is 14.2. The summed E-state index contributed by atoms with van der Waals surface area (Å²) in [6, 6.07) is 5.45. The van der Waals surface area contributed by atoms with Crippen molar-refractivity contribution in [3.05, 3.63) is 35.5 Å². The van der Waals surface area contributed by atoms with Crippen LogP contribution in [0.2, 0.25) is 0 Å². The maximum Gasteiger partial charge on any atom is 0.396 e. The lowest BCUT2D eigenvalue weighted by molar-refractivity contribution is -0.101. The molecule has 4 aliphatic heterocycles. The molecule has 0 saturated carbocycles. The van der Waals surface area contributed by atoms with Crippen LogP contribution < -0.4 is 9.64 Å². The molecule has 0 unspecified atom stereocenters. The number of rotatable bonds is 8. The molecule has 212 valence electrons. The fourth-order valence-corrected chi connectivity index (χ4v) is 6.04. The number of carbonyl (C=O) groups excluding carboxylic acids is 1. The highest BCUT2D eigenvalue weighted by Crippen LogP contribution is 2.41. The summed E-state index contributed by atoms with van der Waals surface area (Å²) in [6.07, 6.45) is 2.68. The minimum Gasteiger partial charge on any atom is -0.490 e. The summed E-state index contributed by atoms with van der Waals surface area (Å²) in [5.74, 6) is -0.0276. The van der Waals surface area contributed by atoms with Gasteiger partial charge in [-0.2, -0.15) is 0 Å². The van der Waals surface area contributed by atoms with Crippen molar-refractivity contribution in [2.24, 2.45) is 0 Å². The summed E-state index contributed by atoms with van der Waals surface area (Å²) in [7, 11) is 0. The van der Waals surface area contributed by atoms with Crippen LogP contribution in [0.25, 0.3) is 0 Å². The number of aromatic nitrogens is 2. The van der Waals surface area contributed by atoms with E-state index in [0.29, 0.717) is 58.2 Å². The first-order valence-corrected chi connectivity index (χ1v) is 13.8. The van der Waals surface area contributed by atoms with Gasteiger partial charge in [-0.3, -0.25) is 4.90 Å². The van der Waals surface area contributed by atoms with E-state index in [2.05, 4.69) is 15.1 Å². The second-order valence-corrected chi connectivity index (χ2v) is 10.7. The van der Waals surface area contributed by atoms with Gasteiger partial charge in [0.05, 0.1) is 46.1 Å². The van der Waals surface area contributed by atoms with Gasteiger partial charge in [0.2, 0.25) is 0 Å². The number of nitrogens with zero attached hydrogens (tertiary/aromatic N) is 4. The fraction of sp³-hybridized carbons (Fsp3) is 0.667. The normalized spacial score (nSPS) is 25.5. The van der Waals surface area contributed by atoms with Gasteiger partial charge in [-0.15, -0.1) is 0 Å². The predicted octanol–water partition coefficient (Wildman–Crippen LogP) is 2.41. The number of benzene rings is 1. The third-order valence-electron chi connectivity index (χ3n) is 8.05. The second-order valence-electron chi connectivity index (χ2n) is 10.7. The fourth-order valence-electron chi connectivity index (χ4n) is 6.04. The lowest BCUT2D eigenvalue weighted by atomic mass is 9.86. The molecule has 5 heterocycles. The smallest absolute Gasteiger partial charge is 0.396 e. The molecule has 4 aliphatic rings. The van der Waals surface area contributed by atoms with Gasteiger partial charge < -0.3 is 33.0 Å². The maximum atomic E-state index is 14.2. The molecule has 4 saturated heterocycles. The van der Waals surface area contributed by atoms with Crippen molar-refractivity contribution in [3.8, 4) is 5.75 Å². The predicted molar refractivity (Wildman–Crippen MR) is 136 cm³/mol. The summed E-state index contributed by atoms with van der Waals surface area (Å²) >= 11 is 0. The quantitative estimate of drug-likeness (QED) is 0.456. The third-order valence-corrected chi connectivity index (χ3v) is 8.05. The molecule has 11 nitrogen and oxygen atoms in total. The summed E-state index contributed by atoms with van der Waals surface area (Å²) in [6.45, 7) is 7.86. The van der Waals surface area contributed by atoms with Crippen molar-refractivity contribution in [3.63, 3.8) is 0 Å². The van der Waals surface area contributed by atoms with Crippen LogP contribution in [0.3, 0.4) is 0 Å². The Morgan fingerprint density at radius 2 is 2.03 bits per heavy atom. The van der Waals surface area contributed by atoms with Gasteiger partial charge in [0.1, 0.15) is 29.9 Å². The van der Waals surface area contributed by atoms with Gasteiger partial charge in [-0.05, 0) is 63.4 Å². The molecular formula is C27H35FN4O7. The van der Waals surface area contributed by atoms with Crippen molar-refractivity contribution in [1.29, 1.82) is 0 Å². The summed E-state index contributed by atoms with van der Waals surface area (Å²) < 4.78 is 48.1. The molecule has 2 aromatic rings. The minimum absolute atomic E-state index is 0.102. The monoisotopic (exact) mass is 546 g/mol. The molecule has 0 N–H and O–H groups in total. The number of carbonyl (C=O) groups is 1. The Kier molecular flexibility index (Phi) is 7.70. The van der Waals surface area contributed by atoms with E-state index < -0.39 is 5.97 Å². The molecule has 0 bridgehead atoms.